The van der Waals surface area contributed by atoms with Gasteiger partial charge in [0.2, 0.25) is 0 Å². The zero-order chi connectivity index (χ0) is 28.0. The van der Waals surface area contributed by atoms with Crippen LogP contribution in [0.25, 0.3) is 0 Å². The summed E-state index contributed by atoms with van der Waals surface area (Å²) < 4.78 is 17.9. The van der Waals surface area contributed by atoms with Crippen LogP contribution in [0.3, 0.4) is 0 Å². The smallest absolute Gasteiger partial charge is 0.328 e. The molecule has 9 heteroatoms. The van der Waals surface area contributed by atoms with Gasteiger partial charge in [-0.05, 0) is 56.9 Å². The standard InChI is InChI=1S/C30H32ClN3O5/c1-19(2)38-29(36)30(3,18-35)34-16-23-11-25(31)28(39-26-9-8-22-6-4-5-7-24(22)26)12-27(23)37-17-21-10-20(13-32)14-33-15-21/h4-7,10-12,14-15,19,26,34-35H,8-9,16-18H2,1-3H3/t26-,30-/m0/s1. The lowest BCUT2D eigenvalue weighted by Gasteiger charge is -2.28. The number of aliphatic hydroxyl groups excluding tert-OH is 1. The van der Waals surface area contributed by atoms with Crippen molar-refractivity contribution in [3.8, 4) is 17.6 Å². The summed E-state index contributed by atoms with van der Waals surface area (Å²) in [5, 5.41) is 22.7. The van der Waals surface area contributed by atoms with Gasteiger partial charge in [-0.1, -0.05) is 35.9 Å². The molecule has 8 nitrogen and oxygen atoms in total. The van der Waals surface area contributed by atoms with Gasteiger partial charge in [0.25, 0.3) is 0 Å². The minimum atomic E-state index is -1.33. The summed E-state index contributed by atoms with van der Waals surface area (Å²) in [6, 6.07) is 15.4. The van der Waals surface area contributed by atoms with E-state index in [1.807, 2.05) is 12.1 Å². The van der Waals surface area contributed by atoms with Gasteiger partial charge in [0, 0.05) is 36.1 Å². The number of aryl methyl sites for hydroxylation is 1. The van der Waals surface area contributed by atoms with E-state index in [4.69, 9.17) is 25.8 Å². The van der Waals surface area contributed by atoms with Crippen LogP contribution in [0.15, 0.2) is 54.9 Å². The normalized spacial score (nSPS) is 15.8. The number of nitrogens with zero attached hydrogens (tertiary/aromatic N) is 2. The average molecular weight is 550 g/mol. The second-order valence-corrected chi connectivity index (χ2v) is 10.4. The van der Waals surface area contributed by atoms with E-state index in [1.54, 1.807) is 45.2 Å². The van der Waals surface area contributed by atoms with E-state index in [-0.39, 0.29) is 25.4 Å². The fraction of sp³-hybridized carbons (Fsp3) is 0.367. The van der Waals surface area contributed by atoms with Crippen molar-refractivity contribution in [2.45, 2.75) is 64.5 Å². The van der Waals surface area contributed by atoms with Crippen LogP contribution >= 0.6 is 11.6 Å². The van der Waals surface area contributed by atoms with Crippen molar-refractivity contribution in [1.29, 1.82) is 5.26 Å². The summed E-state index contributed by atoms with van der Waals surface area (Å²) in [7, 11) is 0. The fourth-order valence-electron chi connectivity index (χ4n) is 4.35. The molecule has 0 saturated carbocycles. The Labute approximate surface area is 233 Å². The third-order valence-electron chi connectivity index (χ3n) is 6.56. The van der Waals surface area contributed by atoms with Gasteiger partial charge in [0.15, 0.2) is 0 Å². The van der Waals surface area contributed by atoms with E-state index < -0.39 is 18.1 Å². The second kappa shape index (κ2) is 12.5. The monoisotopic (exact) mass is 549 g/mol. The van der Waals surface area contributed by atoms with Gasteiger partial charge < -0.3 is 19.3 Å². The summed E-state index contributed by atoms with van der Waals surface area (Å²) in [5.41, 5.74) is 2.87. The third kappa shape index (κ3) is 6.87. The number of halogens is 1. The van der Waals surface area contributed by atoms with Crippen LogP contribution in [-0.4, -0.2) is 34.3 Å². The molecule has 0 spiro atoms. The van der Waals surface area contributed by atoms with E-state index in [9.17, 15) is 15.2 Å². The summed E-state index contributed by atoms with van der Waals surface area (Å²) >= 11 is 6.68. The molecule has 0 bridgehead atoms. The molecule has 1 aromatic heterocycles. The highest BCUT2D eigenvalue weighted by molar-refractivity contribution is 6.32. The van der Waals surface area contributed by atoms with Crippen molar-refractivity contribution in [2.75, 3.05) is 6.61 Å². The number of carbonyl (C=O) groups is 1. The maximum Gasteiger partial charge on any atom is 0.328 e. The number of aliphatic hydroxyl groups is 1. The summed E-state index contributed by atoms with van der Waals surface area (Å²) in [6.45, 7) is 4.92. The Balaban J connectivity index is 1.60. The molecule has 1 aliphatic carbocycles. The number of hydrogen-bond acceptors (Lipinski definition) is 8. The SMILES string of the molecule is CC(C)OC(=O)[C@](C)(CO)NCc1cc(Cl)c(O[C@H]2CCc3ccccc32)cc1OCc1cncc(C#N)c1. The lowest BCUT2D eigenvalue weighted by molar-refractivity contribution is -0.156. The first-order valence-corrected chi connectivity index (χ1v) is 13.2. The topological polar surface area (TPSA) is 114 Å². The summed E-state index contributed by atoms with van der Waals surface area (Å²) in [6.07, 6.45) is 4.43. The van der Waals surface area contributed by atoms with Gasteiger partial charge in [-0.2, -0.15) is 5.26 Å². The largest absolute Gasteiger partial charge is 0.488 e. The number of fused-ring (bicyclic) bond motifs is 1. The number of hydrogen-bond donors (Lipinski definition) is 2. The third-order valence-corrected chi connectivity index (χ3v) is 6.85. The molecular weight excluding hydrogens is 518 g/mol. The predicted octanol–water partition coefficient (Wildman–Crippen LogP) is 5.04. The zero-order valence-electron chi connectivity index (χ0n) is 22.2. The molecule has 4 rings (SSSR count). The number of carbonyl (C=O) groups excluding carboxylic acids is 1. The van der Waals surface area contributed by atoms with Crippen LogP contribution in [0.4, 0.5) is 0 Å². The van der Waals surface area contributed by atoms with Crippen LogP contribution in [0.2, 0.25) is 5.02 Å². The zero-order valence-corrected chi connectivity index (χ0v) is 23.0. The Hall–Kier alpha value is -3.64. The summed E-state index contributed by atoms with van der Waals surface area (Å²) in [5.74, 6) is 0.394. The number of esters is 1. The molecular formula is C30H32ClN3O5. The molecule has 0 aliphatic heterocycles. The van der Waals surface area contributed by atoms with Gasteiger partial charge >= 0.3 is 5.97 Å². The minimum absolute atomic E-state index is 0.129. The maximum absolute atomic E-state index is 12.6. The van der Waals surface area contributed by atoms with Crippen LogP contribution in [0, 0.1) is 11.3 Å². The lowest BCUT2D eigenvalue weighted by Crippen LogP contribution is -2.53. The minimum Gasteiger partial charge on any atom is -0.488 e. The first kappa shape index (κ1) is 28.4. The van der Waals surface area contributed by atoms with E-state index in [0.717, 1.165) is 24.0 Å². The Morgan fingerprint density at radius 1 is 1.26 bits per heavy atom. The molecule has 0 radical (unpaired) electrons. The Bertz CT molecular complexity index is 1370. The van der Waals surface area contributed by atoms with E-state index in [0.29, 0.717) is 27.6 Å². The molecule has 0 unspecified atom stereocenters. The molecule has 0 saturated heterocycles. The highest BCUT2D eigenvalue weighted by atomic mass is 35.5. The molecule has 39 heavy (non-hydrogen) atoms. The van der Waals surface area contributed by atoms with Crippen molar-refractivity contribution in [2.24, 2.45) is 0 Å². The first-order valence-electron chi connectivity index (χ1n) is 12.8. The van der Waals surface area contributed by atoms with Gasteiger partial charge in [-0.3, -0.25) is 10.3 Å². The molecule has 2 aromatic carbocycles. The predicted molar refractivity (Wildman–Crippen MR) is 146 cm³/mol. The quantitative estimate of drug-likeness (QED) is 0.320. The number of rotatable bonds is 11. The van der Waals surface area contributed by atoms with Gasteiger partial charge in [-0.15, -0.1) is 0 Å². The molecule has 204 valence electrons. The molecule has 0 fully saturated rings. The molecule has 2 N–H and O–H groups in total. The molecule has 1 aliphatic rings. The molecule has 1 heterocycles. The number of nitrogens with one attached hydrogen (secondary N) is 1. The highest BCUT2D eigenvalue weighted by Gasteiger charge is 2.35. The van der Waals surface area contributed by atoms with Crippen LogP contribution < -0.4 is 14.8 Å². The highest BCUT2D eigenvalue weighted by Crippen LogP contribution is 2.40. The number of ether oxygens (including phenoxy) is 3. The molecule has 2 atom stereocenters. The van der Waals surface area contributed by atoms with E-state index >= 15 is 0 Å². The van der Waals surface area contributed by atoms with Crippen LogP contribution in [-0.2, 0) is 29.1 Å². The first-order chi connectivity index (χ1) is 18.7. The number of pyridine rings is 1. The van der Waals surface area contributed by atoms with Crippen molar-refractivity contribution < 1.29 is 24.1 Å². The van der Waals surface area contributed by atoms with Crippen LogP contribution in [0.5, 0.6) is 11.5 Å². The lowest BCUT2D eigenvalue weighted by atomic mass is 10.0. The number of aromatic nitrogens is 1. The van der Waals surface area contributed by atoms with Gasteiger partial charge in [0.1, 0.15) is 35.8 Å². The van der Waals surface area contributed by atoms with E-state index in [2.05, 4.69) is 28.5 Å². The van der Waals surface area contributed by atoms with Crippen molar-refractivity contribution in [1.82, 2.24) is 10.3 Å². The van der Waals surface area contributed by atoms with Gasteiger partial charge in [-0.25, -0.2) is 4.79 Å². The average Bonchev–Trinajstić information content (AvgIpc) is 3.34. The van der Waals surface area contributed by atoms with Crippen molar-refractivity contribution in [3.05, 3.63) is 87.7 Å². The van der Waals surface area contributed by atoms with Gasteiger partial charge in [0.05, 0.1) is 23.3 Å². The Kier molecular flexibility index (Phi) is 9.08. The summed E-state index contributed by atoms with van der Waals surface area (Å²) in [4.78, 5) is 16.7. The Morgan fingerprint density at radius 3 is 2.79 bits per heavy atom. The van der Waals surface area contributed by atoms with E-state index in [1.165, 1.54) is 11.8 Å². The van der Waals surface area contributed by atoms with Crippen molar-refractivity contribution in [3.63, 3.8) is 0 Å². The number of nitriles is 1. The molecule has 0 amide bonds. The Morgan fingerprint density at radius 2 is 2.05 bits per heavy atom. The molecule has 3 aromatic rings. The fourth-order valence-corrected chi connectivity index (χ4v) is 4.58. The number of benzene rings is 2. The van der Waals surface area contributed by atoms with Crippen molar-refractivity contribution >= 4 is 17.6 Å². The maximum atomic E-state index is 12.6. The second-order valence-electron chi connectivity index (χ2n) is 10.0. The van der Waals surface area contributed by atoms with Crippen LogP contribution in [0.1, 0.15) is 61.1 Å².